The smallest absolute Gasteiger partial charge is 0.271 e. The molecular formula is C28H27BrN4O3S. The number of nitrogens with zero attached hydrogens (tertiary/aromatic N) is 3. The van der Waals surface area contributed by atoms with Crippen LogP contribution in [0.25, 0.3) is 5.69 Å². The molecule has 4 rings (SSSR count). The fourth-order valence-corrected chi connectivity index (χ4v) is 5.35. The number of aromatic nitrogens is 1. The Balaban J connectivity index is 1.43. The van der Waals surface area contributed by atoms with Crippen molar-refractivity contribution >= 4 is 43.8 Å². The number of hydrogen-bond donors (Lipinski definition) is 1. The Labute approximate surface area is 225 Å². The van der Waals surface area contributed by atoms with E-state index in [4.69, 9.17) is 0 Å². The van der Waals surface area contributed by atoms with Crippen molar-refractivity contribution in [2.45, 2.75) is 20.4 Å². The van der Waals surface area contributed by atoms with E-state index >= 15 is 0 Å². The second kappa shape index (κ2) is 11.1. The molecule has 1 amide bonds. The zero-order valence-electron chi connectivity index (χ0n) is 20.7. The van der Waals surface area contributed by atoms with E-state index in [0.29, 0.717) is 11.3 Å². The Morgan fingerprint density at radius 1 is 1.00 bits per heavy atom. The monoisotopic (exact) mass is 578 g/mol. The number of para-hydroxylation sites is 1. The number of sulfonamides is 1. The molecule has 0 bridgehead atoms. The van der Waals surface area contributed by atoms with Gasteiger partial charge in [-0.25, -0.2) is 13.8 Å². The van der Waals surface area contributed by atoms with Crippen molar-refractivity contribution in [3.05, 3.63) is 117 Å². The summed E-state index contributed by atoms with van der Waals surface area (Å²) >= 11 is 3.51. The molecule has 190 valence electrons. The van der Waals surface area contributed by atoms with Gasteiger partial charge in [-0.15, -0.1) is 0 Å². The topological polar surface area (TPSA) is 83.8 Å². The molecule has 0 atom stereocenters. The molecule has 4 aromatic rings. The zero-order chi connectivity index (χ0) is 26.6. The predicted molar refractivity (Wildman–Crippen MR) is 152 cm³/mol. The molecule has 0 saturated carbocycles. The lowest BCUT2D eigenvalue weighted by atomic mass is 10.1. The second-order valence-electron chi connectivity index (χ2n) is 8.64. The number of carbonyl (C=O) groups excluding carboxylic acids is 1. The van der Waals surface area contributed by atoms with E-state index < -0.39 is 10.0 Å². The van der Waals surface area contributed by atoms with Gasteiger partial charge in [0.15, 0.2) is 0 Å². The van der Waals surface area contributed by atoms with E-state index in [-0.39, 0.29) is 12.5 Å². The summed E-state index contributed by atoms with van der Waals surface area (Å²) in [5.74, 6) is -0.355. The number of hydrogen-bond acceptors (Lipinski definition) is 4. The maximum atomic E-state index is 12.6. The molecule has 37 heavy (non-hydrogen) atoms. The number of carbonyl (C=O) groups is 1. The summed E-state index contributed by atoms with van der Waals surface area (Å²) in [6.07, 6.45) is 2.81. The van der Waals surface area contributed by atoms with Crippen LogP contribution in [0.1, 0.15) is 32.9 Å². The van der Waals surface area contributed by atoms with E-state index in [1.165, 1.54) is 10.6 Å². The highest BCUT2D eigenvalue weighted by Crippen LogP contribution is 2.23. The molecule has 0 aliphatic carbocycles. The van der Waals surface area contributed by atoms with Crippen molar-refractivity contribution in [2.75, 3.05) is 10.6 Å². The van der Waals surface area contributed by atoms with Crippen molar-refractivity contribution in [1.29, 1.82) is 0 Å². The van der Waals surface area contributed by atoms with Gasteiger partial charge in [0.1, 0.15) is 0 Å². The van der Waals surface area contributed by atoms with Crippen LogP contribution in [0, 0.1) is 13.8 Å². The third-order valence-corrected chi connectivity index (χ3v) is 7.53. The summed E-state index contributed by atoms with van der Waals surface area (Å²) in [4.78, 5) is 12.6. The van der Waals surface area contributed by atoms with E-state index in [2.05, 4.69) is 31.0 Å². The van der Waals surface area contributed by atoms with Crippen LogP contribution in [0.4, 0.5) is 5.69 Å². The minimum Gasteiger partial charge on any atom is -0.318 e. The molecule has 3 aromatic carbocycles. The minimum atomic E-state index is -3.48. The molecule has 9 heteroatoms. The van der Waals surface area contributed by atoms with Gasteiger partial charge in [-0.05, 0) is 67.9 Å². The van der Waals surface area contributed by atoms with Gasteiger partial charge in [-0.2, -0.15) is 5.10 Å². The van der Waals surface area contributed by atoms with Gasteiger partial charge in [0.2, 0.25) is 10.0 Å². The van der Waals surface area contributed by atoms with Gasteiger partial charge < -0.3 is 4.57 Å². The van der Waals surface area contributed by atoms with Crippen LogP contribution in [0.3, 0.4) is 0 Å². The molecule has 0 fully saturated rings. The van der Waals surface area contributed by atoms with Crippen LogP contribution in [-0.4, -0.2) is 31.4 Å². The van der Waals surface area contributed by atoms with Gasteiger partial charge in [0.05, 0.1) is 24.7 Å². The standard InChI is InChI=1S/C28H27BrN4O3S/c1-20-16-24(21(2)33(20)27-11-7-8-25(29)17-27)18-30-31-28(34)23-14-12-22(13-15-23)19-32(37(3,35)36)26-9-5-4-6-10-26/h4-18H,19H2,1-3H3,(H,31,34)/b30-18-. The second-order valence-corrected chi connectivity index (χ2v) is 11.5. The number of halogens is 1. The summed E-state index contributed by atoms with van der Waals surface area (Å²) in [5, 5.41) is 4.15. The van der Waals surface area contributed by atoms with E-state index in [1.807, 2.05) is 50.2 Å². The van der Waals surface area contributed by atoms with Crippen molar-refractivity contribution in [3.8, 4) is 5.69 Å². The normalized spacial score (nSPS) is 11.6. The lowest BCUT2D eigenvalue weighted by Gasteiger charge is -2.22. The molecule has 0 saturated heterocycles. The average Bonchev–Trinajstić information content (AvgIpc) is 3.15. The lowest BCUT2D eigenvalue weighted by Crippen LogP contribution is -2.29. The molecule has 0 aliphatic heterocycles. The van der Waals surface area contributed by atoms with Crippen molar-refractivity contribution in [2.24, 2.45) is 5.10 Å². The molecular weight excluding hydrogens is 552 g/mol. The van der Waals surface area contributed by atoms with E-state index in [0.717, 1.165) is 32.7 Å². The Bertz CT molecular complexity index is 1550. The van der Waals surface area contributed by atoms with Gasteiger partial charge in [0.25, 0.3) is 5.91 Å². The first-order valence-corrected chi connectivity index (χ1v) is 14.2. The highest BCUT2D eigenvalue weighted by atomic mass is 79.9. The number of anilines is 1. The van der Waals surface area contributed by atoms with Crippen LogP contribution in [0.2, 0.25) is 0 Å². The molecule has 0 radical (unpaired) electrons. The quantitative estimate of drug-likeness (QED) is 0.218. The van der Waals surface area contributed by atoms with Crippen LogP contribution in [0.15, 0.2) is 94.5 Å². The largest absolute Gasteiger partial charge is 0.318 e. The Kier molecular flexibility index (Phi) is 7.94. The van der Waals surface area contributed by atoms with Crippen molar-refractivity contribution in [1.82, 2.24) is 9.99 Å². The first-order chi connectivity index (χ1) is 17.6. The Hall–Kier alpha value is -3.69. The summed E-state index contributed by atoms with van der Waals surface area (Å²) in [7, 11) is -3.48. The van der Waals surface area contributed by atoms with Gasteiger partial charge in [0, 0.05) is 32.7 Å². The third-order valence-electron chi connectivity index (χ3n) is 5.89. The van der Waals surface area contributed by atoms with E-state index in [9.17, 15) is 13.2 Å². The van der Waals surface area contributed by atoms with Crippen LogP contribution < -0.4 is 9.73 Å². The number of amides is 1. The van der Waals surface area contributed by atoms with Crippen LogP contribution in [0.5, 0.6) is 0 Å². The molecule has 0 spiro atoms. The predicted octanol–water partition coefficient (Wildman–Crippen LogP) is 5.59. The minimum absolute atomic E-state index is 0.163. The molecule has 1 N–H and O–H groups in total. The maximum Gasteiger partial charge on any atom is 0.271 e. The number of hydrazone groups is 1. The van der Waals surface area contributed by atoms with Gasteiger partial charge in [-0.1, -0.05) is 52.3 Å². The average molecular weight is 580 g/mol. The highest BCUT2D eigenvalue weighted by molar-refractivity contribution is 9.10. The molecule has 0 unspecified atom stereocenters. The molecule has 1 heterocycles. The molecule has 1 aromatic heterocycles. The summed E-state index contributed by atoms with van der Waals surface area (Å²) in [6, 6.07) is 25.8. The molecule has 7 nitrogen and oxygen atoms in total. The number of benzene rings is 3. The van der Waals surface area contributed by atoms with Crippen LogP contribution >= 0.6 is 15.9 Å². The highest BCUT2D eigenvalue weighted by Gasteiger charge is 2.18. The first kappa shape index (κ1) is 26.4. The summed E-state index contributed by atoms with van der Waals surface area (Å²) in [6.45, 7) is 4.19. The summed E-state index contributed by atoms with van der Waals surface area (Å²) < 4.78 is 29.1. The van der Waals surface area contributed by atoms with Gasteiger partial charge in [-0.3, -0.25) is 9.10 Å². The zero-order valence-corrected chi connectivity index (χ0v) is 23.1. The van der Waals surface area contributed by atoms with Crippen molar-refractivity contribution in [3.63, 3.8) is 0 Å². The lowest BCUT2D eigenvalue weighted by molar-refractivity contribution is 0.0955. The Morgan fingerprint density at radius 3 is 2.35 bits per heavy atom. The first-order valence-electron chi connectivity index (χ1n) is 11.5. The number of aryl methyl sites for hydroxylation is 1. The molecule has 0 aliphatic rings. The third kappa shape index (κ3) is 6.36. The maximum absolute atomic E-state index is 12.6. The summed E-state index contributed by atoms with van der Waals surface area (Å²) in [5.41, 5.74) is 8.33. The number of rotatable bonds is 8. The number of nitrogens with one attached hydrogen (secondary N) is 1. The van der Waals surface area contributed by atoms with Crippen LogP contribution in [-0.2, 0) is 16.6 Å². The Morgan fingerprint density at radius 2 is 1.70 bits per heavy atom. The van der Waals surface area contributed by atoms with Gasteiger partial charge >= 0.3 is 0 Å². The fourth-order valence-electron chi connectivity index (χ4n) is 4.08. The van der Waals surface area contributed by atoms with E-state index in [1.54, 1.807) is 54.7 Å². The van der Waals surface area contributed by atoms with Crippen molar-refractivity contribution < 1.29 is 13.2 Å². The fraction of sp³-hybridized carbons (Fsp3) is 0.143. The SMILES string of the molecule is Cc1cc(/C=N\NC(=O)c2ccc(CN(c3ccccc3)S(C)(=O)=O)cc2)c(C)n1-c1cccc(Br)c1.